The lowest BCUT2D eigenvalue weighted by atomic mass is 10.9. The summed E-state index contributed by atoms with van der Waals surface area (Å²) in [7, 11) is 1.29. The highest BCUT2D eigenvalue weighted by Crippen LogP contribution is 2.13. The van der Waals surface area contributed by atoms with E-state index in [1.807, 2.05) is 0 Å². The quantitative estimate of drug-likeness (QED) is 0.688. The van der Waals surface area contributed by atoms with E-state index < -0.39 is 6.09 Å². The Morgan fingerprint density at radius 3 is 2.82 bits per heavy atom. The fraction of sp³-hybridized carbons (Fsp3) is 0.400. The van der Waals surface area contributed by atoms with Crippen molar-refractivity contribution in [3.05, 3.63) is 5.01 Å². The molecule has 0 aromatic carbocycles. The van der Waals surface area contributed by atoms with Gasteiger partial charge in [0, 0.05) is 0 Å². The van der Waals surface area contributed by atoms with E-state index in [1.165, 1.54) is 18.4 Å². The van der Waals surface area contributed by atoms with Gasteiger partial charge in [0.15, 0.2) is 0 Å². The summed E-state index contributed by atoms with van der Waals surface area (Å²) in [6.07, 6.45) is -0.527. The SMILES string of the molecule is COC(=O)Nc1nnc(C)s1. The highest BCUT2D eigenvalue weighted by molar-refractivity contribution is 7.15. The van der Waals surface area contributed by atoms with Crippen LogP contribution in [0.5, 0.6) is 0 Å². The summed E-state index contributed by atoms with van der Waals surface area (Å²) in [5, 5.41) is 11.0. The molecule has 60 valence electrons. The number of hydrogen-bond acceptors (Lipinski definition) is 5. The smallest absolute Gasteiger partial charge is 0.413 e. The number of anilines is 1. The molecule has 6 heteroatoms. The first-order chi connectivity index (χ1) is 5.22. The summed E-state index contributed by atoms with van der Waals surface area (Å²) < 4.78 is 4.35. The van der Waals surface area contributed by atoms with E-state index >= 15 is 0 Å². The number of aryl methyl sites for hydroxylation is 1. The van der Waals surface area contributed by atoms with E-state index in [0.29, 0.717) is 5.13 Å². The molecule has 0 radical (unpaired) electrons. The van der Waals surface area contributed by atoms with Gasteiger partial charge in [-0.3, -0.25) is 5.32 Å². The van der Waals surface area contributed by atoms with Crippen molar-refractivity contribution in [2.45, 2.75) is 6.92 Å². The Morgan fingerprint density at radius 2 is 2.36 bits per heavy atom. The van der Waals surface area contributed by atoms with Crippen molar-refractivity contribution < 1.29 is 9.53 Å². The van der Waals surface area contributed by atoms with E-state index in [0.717, 1.165) is 5.01 Å². The zero-order chi connectivity index (χ0) is 8.27. The molecule has 1 amide bonds. The molecular formula is C5H7N3O2S. The van der Waals surface area contributed by atoms with Crippen LogP contribution in [0.15, 0.2) is 0 Å². The van der Waals surface area contributed by atoms with E-state index in [9.17, 15) is 4.79 Å². The van der Waals surface area contributed by atoms with Crippen LogP contribution in [0.25, 0.3) is 0 Å². The van der Waals surface area contributed by atoms with Crippen molar-refractivity contribution in [1.82, 2.24) is 10.2 Å². The summed E-state index contributed by atoms with van der Waals surface area (Å²) in [5.74, 6) is 0. The predicted molar refractivity (Wildman–Crippen MR) is 40.7 cm³/mol. The second-order valence-electron chi connectivity index (χ2n) is 1.74. The van der Waals surface area contributed by atoms with Crippen LogP contribution in [0, 0.1) is 6.92 Å². The van der Waals surface area contributed by atoms with Gasteiger partial charge in [0.1, 0.15) is 5.01 Å². The van der Waals surface area contributed by atoms with Gasteiger partial charge in [-0.25, -0.2) is 4.79 Å². The van der Waals surface area contributed by atoms with Crippen LogP contribution in [-0.2, 0) is 4.74 Å². The summed E-state index contributed by atoms with van der Waals surface area (Å²) in [5.41, 5.74) is 0. The number of carbonyl (C=O) groups excluding carboxylic acids is 1. The second kappa shape index (κ2) is 3.29. The van der Waals surface area contributed by atoms with E-state index in [1.54, 1.807) is 6.92 Å². The van der Waals surface area contributed by atoms with Crippen LogP contribution in [0.4, 0.5) is 9.93 Å². The number of nitrogens with one attached hydrogen (secondary N) is 1. The molecule has 0 bridgehead atoms. The van der Waals surface area contributed by atoms with Crippen molar-refractivity contribution in [3.8, 4) is 0 Å². The maximum Gasteiger partial charge on any atom is 0.413 e. The Balaban J connectivity index is 2.57. The van der Waals surface area contributed by atoms with Gasteiger partial charge in [-0.1, -0.05) is 11.3 Å². The third-order valence-electron chi connectivity index (χ3n) is 0.920. The number of nitrogens with zero attached hydrogens (tertiary/aromatic N) is 2. The Morgan fingerprint density at radius 1 is 1.64 bits per heavy atom. The van der Waals surface area contributed by atoms with Gasteiger partial charge >= 0.3 is 6.09 Å². The number of hydrogen-bond donors (Lipinski definition) is 1. The molecule has 0 spiro atoms. The Kier molecular flexibility index (Phi) is 2.37. The molecule has 0 saturated carbocycles. The van der Waals surface area contributed by atoms with Gasteiger partial charge in [-0.05, 0) is 6.92 Å². The average Bonchev–Trinajstić information content (AvgIpc) is 2.35. The van der Waals surface area contributed by atoms with Gasteiger partial charge in [0.05, 0.1) is 7.11 Å². The van der Waals surface area contributed by atoms with Crippen molar-refractivity contribution in [2.75, 3.05) is 12.4 Å². The highest BCUT2D eigenvalue weighted by Gasteiger charge is 2.03. The molecule has 0 saturated heterocycles. The maximum absolute atomic E-state index is 10.6. The average molecular weight is 173 g/mol. The summed E-state index contributed by atoms with van der Waals surface area (Å²) in [6, 6.07) is 0. The Labute approximate surface area is 67.4 Å². The molecule has 1 heterocycles. The molecule has 11 heavy (non-hydrogen) atoms. The third-order valence-corrected chi connectivity index (χ3v) is 1.67. The first kappa shape index (κ1) is 7.93. The zero-order valence-electron chi connectivity index (χ0n) is 6.12. The van der Waals surface area contributed by atoms with Gasteiger partial charge in [0.2, 0.25) is 5.13 Å². The van der Waals surface area contributed by atoms with Crippen molar-refractivity contribution in [3.63, 3.8) is 0 Å². The molecule has 0 aliphatic carbocycles. The van der Waals surface area contributed by atoms with E-state index in [-0.39, 0.29) is 0 Å². The number of amides is 1. The normalized spacial score (nSPS) is 9.27. The van der Waals surface area contributed by atoms with Crippen LogP contribution >= 0.6 is 11.3 Å². The predicted octanol–water partition coefficient (Wildman–Crippen LogP) is 1.02. The zero-order valence-corrected chi connectivity index (χ0v) is 6.94. The van der Waals surface area contributed by atoms with Crippen molar-refractivity contribution >= 4 is 22.6 Å². The van der Waals surface area contributed by atoms with Crippen LogP contribution in [0.3, 0.4) is 0 Å². The molecule has 0 aliphatic heterocycles. The fourth-order valence-electron chi connectivity index (χ4n) is 0.485. The first-order valence-electron chi connectivity index (χ1n) is 2.87. The van der Waals surface area contributed by atoms with Gasteiger partial charge in [0.25, 0.3) is 0 Å². The van der Waals surface area contributed by atoms with Crippen LogP contribution < -0.4 is 5.32 Å². The number of methoxy groups -OCH3 is 1. The molecule has 0 fully saturated rings. The largest absolute Gasteiger partial charge is 0.453 e. The standard InChI is InChI=1S/C5H7N3O2S/c1-3-7-8-4(11-3)6-5(9)10-2/h1-2H3,(H,6,8,9). The first-order valence-corrected chi connectivity index (χ1v) is 3.69. The molecule has 1 aromatic rings. The minimum Gasteiger partial charge on any atom is -0.453 e. The highest BCUT2D eigenvalue weighted by atomic mass is 32.1. The van der Waals surface area contributed by atoms with Gasteiger partial charge in [-0.2, -0.15) is 0 Å². The van der Waals surface area contributed by atoms with Gasteiger partial charge < -0.3 is 4.74 Å². The molecule has 1 aromatic heterocycles. The molecule has 0 atom stereocenters. The van der Waals surface area contributed by atoms with Crippen LogP contribution in [0.1, 0.15) is 5.01 Å². The lowest BCUT2D eigenvalue weighted by molar-refractivity contribution is 0.187. The Hall–Kier alpha value is -1.17. The third kappa shape index (κ3) is 2.15. The monoisotopic (exact) mass is 173 g/mol. The van der Waals surface area contributed by atoms with Crippen molar-refractivity contribution in [2.24, 2.45) is 0 Å². The number of carbonyl (C=O) groups is 1. The van der Waals surface area contributed by atoms with E-state index in [2.05, 4.69) is 20.3 Å². The van der Waals surface area contributed by atoms with E-state index in [4.69, 9.17) is 0 Å². The molecule has 1 rings (SSSR count). The van der Waals surface area contributed by atoms with Gasteiger partial charge in [-0.15, -0.1) is 10.2 Å². The molecule has 5 nitrogen and oxygen atoms in total. The number of rotatable bonds is 1. The van der Waals surface area contributed by atoms with Crippen LogP contribution in [-0.4, -0.2) is 23.4 Å². The number of ether oxygens (including phenoxy) is 1. The molecule has 0 unspecified atom stereocenters. The molecule has 1 N–H and O–H groups in total. The molecular weight excluding hydrogens is 166 g/mol. The fourth-order valence-corrected chi connectivity index (χ4v) is 1.06. The number of aromatic nitrogens is 2. The summed E-state index contributed by atoms with van der Waals surface area (Å²) in [6.45, 7) is 1.81. The lowest BCUT2D eigenvalue weighted by Crippen LogP contribution is -2.10. The van der Waals surface area contributed by atoms with Crippen LogP contribution in [0.2, 0.25) is 0 Å². The lowest BCUT2D eigenvalue weighted by Gasteiger charge is -1.95. The minimum atomic E-state index is -0.527. The second-order valence-corrected chi connectivity index (χ2v) is 2.92. The Bertz CT molecular complexity index is 260. The summed E-state index contributed by atoms with van der Waals surface area (Å²) in [4.78, 5) is 10.6. The molecule has 0 aliphatic rings. The van der Waals surface area contributed by atoms with Crippen molar-refractivity contribution in [1.29, 1.82) is 0 Å². The topological polar surface area (TPSA) is 64.1 Å². The maximum atomic E-state index is 10.6. The summed E-state index contributed by atoms with van der Waals surface area (Å²) >= 11 is 1.30. The minimum absolute atomic E-state index is 0.453.